The Morgan fingerprint density at radius 3 is 2.01 bits per heavy atom. The van der Waals surface area contributed by atoms with Gasteiger partial charge < -0.3 is 85.4 Å². The summed E-state index contributed by atoms with van der Waals surface area (Å²) in [6.07, 6.45) is -4.22. The van der Waals surface area contributed by atoms with E-state index in [-0.39, 0.29) is 72.0 Å². The summed E-state index contributed by atoms with van der Waals surface area (Å²) in [6.45, 7) is 1.82. The molecule has 0 spiro atoms. The van der Waals surface area contributed by atoms with Gasteiger partial charge in [0.2, 0.25) is 18.1 Å². The van der Waals surface area contributed by atoms with Crippen LogP contribution in [-0.2, 0) is 54.6 Å². The first kappa shape index (κ1) is 68.6. The van der Waals surface area contributed by atoms with E-state index in [4.69, 9.17) is 39.3 Å². The zero-order valence-electron chi connectivity index (χ0n) is 50.7. The van der Waals surface area contributed by atoms with Gasteiger partial charge in [-0.3, -0.25) is 33.8 Å². The van der Waals surface area contributed by atoms with Gasteiger partial charge in [0.05, 0.1) is 82.0 Å². The standard InChI is InChI=1S/C62H69N7O18.C2H6S/c1-82-48-26-36-21-23-69(33-39(36)27-49(48)83-2,22-20-34-12-15-40(16-13-34)65-60(79)41-28-50(84-3)51(85-4)29-43(41)68-59(78)38-25-37-8-5-6-9-42(37)64-31-38)32-35-14-17-47(86-62-57(77)55(75)56(76)58(87-62)61(80)81)44(24-35)66-52(71)11-7-10-46(70)45(30-63)67-53(72)18-19-54(73)74;1-3-2/h5-6,8-9,12-17,24-29,31,45,55-58,62,75-77H,7,10-11,18-23,30,32-33,63H2,1-4H3,(H5-,65,66,67,68,71,72,73,74,78,79,80,81);1-2H3/p+1/t45-,55-,56-,57+,58-,62?,69?;/m0./s1. The number of methoxy groups -OCH3 is 4. The van der Waals surface area contributed by atoms with E-state index in [1.165, 1.54) is 38.6 Å². The Morgan fingerprint density at radius 2 is 1.34 bits per heavy atom. The Labute approximate surface area is 523 Å². The number of carboxylic acids is 2. The van der Waals surface area contributed by atoms with Crippen LogP contribution in [0, 0.1) is 0 Å². The fourth-order valence-corrected chi connectivity index (χ4v) is 10.5. The van der Waals surface area contributed by atoms with Crippen molar-refractivity contribution in [3.05, 3.63) is 137 Å². The SMILES string of the molecule is COc1cc2c(cc1OC)C[N+](CCc1ccc(NC(=O)c3cc(OC)c(OC)cc3NC(=O)c3cnc4ccccc4c3)cc1)(Cc1ccc(OC3O[C@H](C(=O)O)[C@@H](O)[C@H](O)[C@H]3O)c(NC(=O)CCCC(=O)[C@H](CN)NC(=O)CCC(=O)O)c1)CC2.CSC. The van der Waals surface area contributed by atoms with Gasteiger partial charge in [-0.25, -0.2) is 4.79 Å². The molecule has 90 heavy (non-hydrogen) atoms. The number of nitrogens with two attached hydrogens (primary N) is 1. The fraction of sp³-hybridized carbons (Fsp3) is 0.375. The second-order valence-electron chi connectivity index (χ2n) is 21.6. The van der Waals surface area contributed by atoms with Crippen molar-refractivity contribution in [2.24, 2.45) is 5.73 Å². The van der Waals surface area contributed by atoms with Gasteiger partial charge in [0.1, 0.15) is 37.2 Å². The molecule has 2 aliphatic rings. The monoisotopic (exact) mass is 1260 g/mol. The Balaban J connectivity index is 0.00000376. The molecule has 7 atom stereocenters. The predicted octanol–water partition coefficient (Wildman–Crippen LogP) is 5.33. The molecule has 1 aromatic heterocycles. The quantitative estimate of drug-likeness (QED) is 0.0291. The van der Waals surface area contributed by atoms with Crippen LogP contribution in [0.3, 0.4) is 0 Å². The number of pyridine rings is 1. The number of anilines is 3. The molecule has 2 aliphatic heterocycles. The van der Waals surface area contributed by atoms with Crippen molar-refractivity contribution < 1.29 is 92.0 Å². The Morgan fingerprint density at radius 1 is 0.689 bits per heavy atom. The van der Waals surface area contributed by atoms with Gasteiger partial charge >= 0.3 is 11.9 Å². The van der Waals surface area contributed by atoms with Crippen LogP contribution in [0.4, 0.5) is 17.1 Å². The number of quaternary nitrogens is 1. The Hall–Kier alpha value is -8.89. The lowest BCUT2D eigenvalue weighted by molar-refractivity contribution is -0.955. The lowest BCUT2D eigenvalue weighted by Crippen LogP contribution is -2.61. The van der Waals surface area contributed by atoms with Crippen LogP contribution in [0.2, 0.25) is 0 Å². The van der Waals surface area contributed by atoms with Crippen LogP contribution >= 0.6 is 11.8 Å². The molecule has 26 heteroatoms. The maximum Gasteiger partial charge on any atom is 0.335 e. The first-order valence-electron chi connectivity index (χ1n) is 28.7. The number of para-hydroxylation sites is 1. The summed E-state index contributed by atoms with van der Waals surface area (Å²) in [5.74, 6) is -4.04. The van der Waals surface area contributed by atoms with Crippen LogP contribution in [0.5, 0.6) is 28.7 Å². The van der Waals surface area contributed by atoms with E-state index in [9.17, 15) is 54.0 Å². The number of nitrogens with one attached hydrogen (secondary N) is 4. The lowest BCUT2D eigenvalue weighted by Gasteiger charge is -2.43. The number of benzene rings is 5. The minimum Gasteiger partial charge on any atom is -0.493 e. The van der Waals surface area contributed by atoms with Gasteiger partial charge in [0.15, 0.2) is 34.9 Å². The van der Waals surface area contributed by atoms with Crippen molar-refractivity contribution in [2.45, 2.75) is 94.8 Å². The average Bonchev–Trinajstić information content (AvgIpc) is 1.16. The molecule has 0 aliphatic carbocycles. The van der Waals surface area contributed by atoms with E-state index in [0.29, 0.717) is 71.8 Å². The molecule has 1 fully saturated rings. The highest BCUT2D eigenvalue weighted by atomic mass is 32.2. The molecule has 5 aromatic carbocycles. The van der Waals surface area contributed by atoms with E-state index in [1.54, 1.807) is 56.3 Å². The largest absolute Gasteiger partial charge is 0.493 e. The fourth-order valence-electron chi connectivity index (χ4n) is 10.5. The van der Waals surface area contributed by atoms with Crippen molar-refractivity contribution in [2.75, 3.05) is 76.5 Å². The highest BCUT2D eigenvalue weighted by molar-refractivity contribution is 7.97. The first-order chi connectivity index (χ1) is 43.1. The summed E-state index contributed by atoms with van der Waals surface area (Å²) in [5, 5.41) is 62.4. The van der Waals surface area contributed by atoms with E-state index in [0.717, 1.165) is 22.1 Å². The number of aliphatic hydroxyl groups excluding tert-OH is 3. The van der Waals surface area contributed by atoms with Crippen molar-refractivity contribution in [1.29, 1.82) is 0 Å². The number of fused-ring (bicyclic) bond motifs is 2. The number of aromatic nitrogens is 1. The average molecular weight is 1260 g/mol. The van der Waals surface area contributed by atoms with E-state index >= 15 is 0 Å². The molecule has 11 N–H and O–H groups in total. The number of hydrogen-bond acceptors (Lipinski definition) is 19. The number of carboxylic acid groups (broad SMARTS) is 2. The summed E-state index contributed by atoms with van der Waals surface area (Å²) in [7, 11) is 6.00. The molecular formula is C64H76N7O18S+. The second kappa shape index (κ2) is 32.0. The van der Waals surface area contributed by atoms with Crippen molar-refractivity contribution in [3.8, 4) is 28.7 Å². The molecule has 0 bridgehead atoms. The number of nitrogens with zero attached hydrogens (tertiary/aromatic N) is 2. The summed E-state index contributed by atoms with van der Waals surface area (Å²) >= 11 is 1.75. The molecule has 25 nitrogen and oxygen atoms in total. The lowest BCUT2D eigenvalue weighted by atomic mass is 9.94. The Kier molecular flexibility index (Phi) is 24.4. The maximum atomic E-state index is 14.1. The molecule has 0 saturated carbocycles. The van der Waals surface area contributed by atoms with E-state index < -0.39 is 84.5 Å². The van der Waals surface area contributed by atoms with E-state index in [2.05, 4.69) is 26.3 Å². The topological polar surface area (TPSA) is 363 Å². The van der Waals surface area contributed by atoms with Gasteiger partial charge in [-0.2, -0.15) is 11.8 Å². The number of carbonyl (C=O) groups is 7. The molecule has 6 aromatic rings. The Bertz CT molecular complexity index is 3560. The number of carbonyl (C=O) groups excluding carboxylic acids is 5. The third kappa shape index (κ3) is 17.7. The summed E-state index contributed by atoms with van der Waals surface area (Å²) in [6, 6.07) is 27.1. The number of rotatable bonds is 27. The molecule has 3 heterocycles. The maximum absolute atomic E-state index is 14.1. The highest BCUT2D eigenvalue weighted by Gasteiger charge is 2.48. The molecular weight excluding hydrogens is 1190 g/mol. The van der Waals surface area contributed by atoms with Crippen LogP contribution in [0.15, 0.2) is 103 Å². The van der Waals surface area contributed by atoms with Gasteiger partial charge in [-0.15, -0.1) is 0 Å². The molecule has 0 radical (unpaired) electrons. The number of hydrogen-bond donors (Lipinski definition) is 10. The number of aliphatic carboxylic acids is 2. The molecule has 2 unspecified atom stereocenters. The minimum absolute atomic E-state index is 0.00190. The number of thioether (sulfide) groups is 1. The summed E-state index contributed by atoms with van der Waals surface area (Å²) in [5.41, 5.74) is 11.2. The second-order valence-corrected chi connectivity index (χ2v) is 22.4. The normalized spacial score (nSPS) is 18.7. The number of Topliss-reactive ketones (excluding diaryl/α,β-unsaturated/α-hetero) is 1. The van der Waals surface area contributed by atoms with Crippen LogP contribution in [-0.4, -0.2) is 174 Å². The first-order valence-corrected chi connectivity index (χ1v) is 30.4. The van der Waals surface area contributed by atoms with Crippen LogP contribution in [0.25, 0.3) is 10.9 Å². The predicted molar refractivity (Wildman–Crippen MR) is 334 cm³/mol. The number of amides is 4. The molecule has 4 amide bonds. The van der Waals surface area contributed by atoms with Gasteiger partial charge in [0, 0.05) is 73.1 Å². The van der Waals surface area contributed by atoms with Gasteiger partial charge in [-0.05, 0) is 90.7 Å². The number of ketones is 1. The van der Waals surface area contributed by atoms with Gasteiger partial charge in [0.25, 0.3) is 11.8 Å². The molecule has 1 saturated heterocycles. The zero-order chi connectivity index (χ0) is 65.2. The van der Waals surface area contributed by atoms with Crippen molar-refractivity contribution >= 4 is 81.1 Å². The third-order valence-corrected chi connectivity index (χ3v) is 15.3. The van der Waals surface area contributed by atoms with Crippen LogP contribution < -0.4 is 50.7 Å². The van der Waals surface area contributed by atoms with E-state index in [1.807, 2.05) is 61.0 Å². The minimum atomic E-state index is -2.00. The zero-order valence-corrected chi connectivity index (χ0v) is 51.5. The molecule has 480 valence electrons. The van der Waals surface area contributed by atoms with Crippen molar-refractivity contribution in [1.82, 2.24) is 10.3 Å². The summed E-state index contributed by atoms with van der Waals surface area (Å²) in [4.78, 5) is 94.3. The number of ether oxygens (including phenoxy) is 6. The summed E-state index contributed by atoms with van der Waals surface area (Å²) < 4.78 is 34.3. The van der Waals surface area contributed by atoms with Crippen LogP contribution in [0.1, 0.15) is 75.1 Å². The molecule has 8 rings (SSSR count). The van der Waals surface area contributed by atoms with Crippen molar-refractivity contribution in [3.63, 3.8) is 0 Å². The number of aliphatic hydroxyl groups is 3. The smallest absolute Gasteiger partial charge is 0.335 e. The third-order valence-electron chi connectivity index (χ3n) is 15.3. The highest BCUT2D eigenvalue weighted by Crippen LogP contribution is 2.39. The van der Waals surface area contributed by atoms with Gasteiger partial charge in [-0.1, -0.05) is 30.3 Å².